The van der Waals surface area contributed by atoms with Crippen molar-refractivity contribution in [1.29, 1.82) is 0 Å². The largest absolute Gasteiger partial charge is 0.326 e. The van der Waals surface area contributed by atoms with E-state index in [0.29, 0.717) is 22.0 Å². The van der Waals surface area contributed by atoms with Gasteiger partial charge in [-0.05, 0) is 43.0 Å². The second kappa shape index (κ2) is 6.67. The number of anilines is 1. The summed E-state index contributed by atoms with van der Waals surface area (Å²) in [6.07, 6.45) is 0. The van der Waals surface area contributed by atoms with E-state index in [4.69, 9.17) is 11.6 Å². The molecule has 1 aliphatic heterocycles. The Morgan fingerprint density at radius 1 is 1.29 bits per heavy atom. The number of halogens is 1. The first-order valence-electron chi connectivity index (χ1n) is 7.35. The first kappa shape index (κ1) is 16.5. The number of carbonyl (C=O) groups is 2. The van der Waals surface area contributed by atoms with Crippen LogP contribution < -0.4 is 16.0 Å². The molecule has 0 spiro atoms. The number of benzene rings is 1. The summed E-state index contributed by atoms with van der Waals surface area (Å²) in [6, 6.07) is 8.32. The fraction of sp³-hybridized carbons (Fsp3) is 0.176. The number of aryl methyl sites for hydroxylation is 1. The van der Waals surface area contributed by atoms with E-state index in [1.54, 1.807) is 19.1 Å². The van der Waals surface area contributed by atoms with Gasteiger partial charge in [0.15, 0.2) is 0 Å². The van der Waals surface area contributed by atoms with Gasteiger partial charge < -0.3 is 16.0 Å². The van der Waals surface area contributed by atoms with Crippen LogP contribution in [0.25, 0.3) is 0 Å². The highest BCUT2D eigenvalue weighted by molar-refractivity contribution is 7.10. The summed E-state index contributed by atoms with van der Waals surface area (Å²) < 4.78 is 0. The molecule has 0 radical (unpaired) electrons. The summed E-state index contributed by atoms with van der Waals surface area (Å²) >= 11 is 7.50. The van der Waals surface area contributed by atoms with Crippen LogP contribution in [0.4, 0.5) is 10.5 Å². The molecule has 3 amide bonds. The van der Waals surface area contributed by atoms with E-state index in [2.05, 4.69) is 16.0 Å². The fourth-order valence-electron chi connectivity index (χ4n) is 2.58. The maximum absolute atomic E-state index is 12.9. The van der Waals surface area contributed by atoms with Crippen molar-refractivity contribution in [3.05, 3.63) is 62.4 Å². The zero-order valence-electron chi connectivity index (χ0n) is 13.1. The molecule has 1 aromatic carbocycles. The molecule has 5 nitrogen and oxygen atoms in total. The maximum Gasteiger partial charge on any atom is 0.319 e. The predicted octanol–water partition coefficient (Wildman–Crippen LogP) is 3.98. The molecular formula is C17H16ClN3O2S. The third-order valence-electron chi connectivity index (χ3n) is 3.79. The lowest BCUT2D eigenvalue weighted by Crippen LogP contribution is -2.45. The predicted molar refractivity (Wildman–Crippen MR) is 96.2 cm³/mol. The van der Waals surface area contributed by atoms with E-state index in [1.807, 2.05) is 30.5 Å². The molecule has 0 saturated carbocycles. The molecule has 0 saturated heterocycles. The molecule has 0 fully saturated rings. The molecule has 3 rings (SSSR count). The van der Waals surface area contributed by atoms with Gasteiger partial charge in [0.05, 0.1) is 11.6 Å². The summed E-state index contributed by atoms with van der Waals surface area (Å²) in [7, 11) is 0. The fourth-order valence-corrected chi connectivity index (χ4v) is 3.54. The van der Waals surface area contributed by atoms with Gasteiger partial charge in [-0.15, -0.1) is 11.3 Å². The number of hydrogen-bond donors (Lipinski definition) is 3. The molecule has 1 atom stereocenters. The van der Waals surface area contributed by atoms with Crippen molar-refractivity contribution >= 4 is 40.6 Å². The van der Waals surface area contributed by atoms with Crippen molar-refractivity contribution < 1.29 is 9.59 Å². The van der Waals surface area contributed by atoms with Crippen LogP contribution >= 0.6 is 22.9 Å². The normalized spacial score (nSPS) is 17.3. The van der Waals surface area contributed by atoms with Gasteiger partial charge in [-0.1, -0.05) is 23.7 Å². The summed E-state index contributed by atoms with van der Waals surface area (Å²) in [5, 5.41) is 10.8. The minimum Gasteiger partial charge on any atom is -0.326 e. The standard InChI is InChI=1S/C17H16ClN3O2S/c1-9-5-6-11(18)8-12(9)20-16(22)14-10(2)19-17(23)21-15(14)13-4-3-7-24-13/h3-8,15H,1-2H3,(H,20,22)(H2,19,21,23). The monoisotopic (exact) mass is 361 g/mol. The van der Waals surface area contributed by atoms with Gasteiger partial charge >= 0.3 is 6.03 Å². The highest BCUT2D eigenvalue weighted by Gasteiger charge is 2.31. The maximum atomic E-state index is 12.9. The quantitative estimate of drug-likeness (QED) is 0.774. The van der Waals surface area contributed by atoms with Gasteiger partial charge in [-0.3, -0.25) is 4.79 Å². The van der Waals surface area contributed by atoms with Crippen molar-refractivity contribution in [2.24, 2.45) is 0 Å². The lowest BCUT2D eigenvalue weighted by Gasteiger charge is -2.27. The van der Waals surface area contributed by atoms with Crippen molar-refractivity contribution in [2.45, 2.75) is 19.9 Å². The number of urea groups is 1. The van der Waals surface area contributed by atoms with Crippen molar-refractivity contribution in [3.63, 3.8) is 0 Å². The first-order chi connectivity index (χ1) is 11.5. The van der Waals surface area contributed by atoms with Crippen LogP contribution in [0.2, 0.25) is 5.02 Å². The highest BCUT2D eigenvalue weighted by Crippen LogP contribution is 2.31. The van der Waals surface area contributed by atoms with Crippen LogP contribution in [-0.2, 0) is 4.79 Å². The Morgan fingerprint density at radius 3 is 2.79 bits per heavy atom. The summed E-state index contributed by atoms with van der Waals surface area (Å²) in [5.74, 6) is -0.274. The summed E-state index contributed by atoms with van der Waals surface area (Å²) in [5.41, 5.74) is 2.58. The average Bonchev–Trinajstić information content (AvgIpc) is 3.04. The third kappa shape index (κ3) is 3.29. The van der Waals surface area contributed by atoms with E-state index in [-0.39, 0.29) is 11.9 Å². The lowest BCUT2D eigenvalue weighted by molar-refractivity contribution is -0.113. The molecule has 0 bridgehead atoms. The molecule has 1 aliphatic rings. The molecule has 2 aromatic rings. The van der Waals surface area contributed by atoms with Crippen molar-refractivity contribution in [1.82, 2.24) is 10.6 Å². The van der Waals surface area contributed by atoms with Crippen LogP contribution in [0.1, 0.15) is 23.4 Å². The molecule has 24 heavy (non-hydrogen) atoms. The number of amides is 3. The highest BCUT2D eigenvalue weighted by atomic mass is 35.5. The van der Waals surface area contributed by atoms with Gasteiger partial charge in [-0.25, -0.2) is 4.79 Å². The van der Waals surface area contributed by atoms with E-state index < -0.39 is 6.04 Å². The van der Waals surface area contributed by atoms with Gasteiger partial charge in [-0.2, -0.15) is 0 Å². The van der Waals surface area contributed by atoms with Crippen LogP contribution in [0.5, 0.6) is 0 Å². The topological polar surface area (TPSA) is 70.2 Å². The zero-order valence-corrected chi connectivity index (χ0v) is 14.7. The molecule has 2 heterocycles. The summed E-state index contributed by atoms with van der Waals surface area (Å²) in [4.78, 5) is 25.6. The van der Waals surface area contributed by atoms with Crippen molar-refractivity contribution in [2.75, 3.05) is 5.32 Å². The first-order valence-corrected chi connectivity index (χ1v) is 8.60. The second-order valence-corrected chi connectivity index (χ2v) is 6.91. The number of allylic oxidation sites excluding steroid dienone is 1. The number of nitrogens with one attached hydrogen (secondary N) is 3. The zero-order chi connectivity index (χ0) is 17.3. The SMILES string of the molecule is CC1=C(C(=O)Nc2cc(Cl)ccc2C)C(c2cccs2)NC(=O)N1. The van der Waals surface area contributed by atoms with Crippen LogP contribution in [0.15, 0.2) is 47.0 Å². The molecule has 1 aromatic heterocycles. The van der Waals surface area contributed by atoms with Gasteiger partial charge in [0.2, 0.25) is 0 Å². The van der Waals surface area contributed by atoms with Crippen LogP contribution in [0, 0.1) is 6.92 Å². The minimum absolute atomic E-state index is 0.274. The molecule has 7 heteroatoms. The van der Waals surface area contributed by atoms with Crippen molar-refractivity contribution in [3.8, 4) is 0 Å². The molecule has 1 unspecified atom stereocenters. The lowest BCUT2D eigenvalue weighted by atomic mass is 10.0. The summed E-state index contributed by atoms with van der Waals surface area (Å²) in [6.45, 7) is 3.61. The van der Waals surface area contributed by atoms with E-state index in [1.165, 1.54) is 11.3 Å². The number of thiophene rings is 1. The average molecular weight is 362 g/mol. The molecule has 3 N–H and O–H groups in total. The Hall–Kier alpha value is -2.31. The molecule has 124 valence electrons. The van der Waals surface area contributed by atoms with Crippen LogP contribution in [-0.4, -0.2) is 11.9 Å². The number of hydrogen-bond acceptors (Lipinski definition) is 3. The minimum atomic E-state index is -0.474. The molecular weight excluding hydrogens is 346 g/mol. The Kier molecular flexibility index (Phi) is 4.59. The smallest absolute Gasteiger partial charge is 0.319 e. The Bertz CT molecular complexity index is 830. The van der Waals surface area contributed by atoms with E-state index in [0.717, 1.165) is 10.4 Å². The van der Waals surface area contributed by atoms with Gasteiger partial charge in [0.1, 0.15) is 0 Å². The van der Waals surface area contributed by atoms with E-state index in [9.17, 15) is 9.59 Å². The third-order valence-corrected chi connectivity index (χ3v) is 4.96. The Labute approximate surface area is 148 Å². The number of carbonyl (C=O) groups excluding carboxylic acids is 2. The second-order valence-electron chi connectivity index (χ2n) is 5.50. The van der Waals surface area contributed by atoms with Crippen LogP contribution in [0.3, 0.4) is 0 Å². The van der Waals surface area contributed by atoms with Gasteiger partial charge in [0, 0.05) is 21.3 Å². The number of rotatable bonds is 3. The Morgan fingerprint density at radius 2 is 2.08 bits per heavy atom. The van der Waals surface area contributed by atoms with Gasteiger partial charge in [0.25, 0.3) is 5.91 Å². The molecule has 0 aliphatic carbocycles. The van der Waals surface area contributed by atoms with E-state index >= 15 is 0 Å². The Balaban J connectivity index is 1.95.